The lowest BCUT2D eigenvalue weighted by Crippen LogP contribution is -2.41. The Kier molecular flexibility index (Phi) is 3.83. The van der Waals surface area contributed by atoms with E-state index in [0.29, 0.717) is 17.0 Å². The van der Waals surface area contributed by atoms with Gasteiger partial charge in [-0.1, -0.05) is 19.1 Å². The smallest absolute Gasteiger partial charge is 0.322 e. The topological polar surface area (TPSA) is 78.5 Å². The zero-order chi connectivity index (χ0) is 16.6. The van der Waals surface area contributed by atoms with Gasteiger partial charge in [-0.05, 0) is 43.4 Å². The molecular weight excluding hydrogens is 294 g/mol. The highest BCUT2D eigenvalue weighted by molar-refractivity contribution is 6.07. The van der Waals surface area contributed by atoms with Crippen LogP contribution in [-0.2, 0) is 10.3 Å². The normalized spacial score (nSPS) is 27.6. The Bertz CT molecular complexity index is 656. The van der Waals surface area contributed by atoms with Gasteiger partial charge in [-0.3, -0.25) is 14.9 Å². The van der Waals surface area contributed by atoms with Crippen LogP contribution < -0.4 is 10.6 Å². The van der Waals surface area contributed by atoms with Crippen molar-refractivity contribution in [2.75, 3.05) is 13.1 Å². The minimum Gasteiger partial charge on any atom is -0.338 e. The molecule has 0 aromatic heterocycles. The molecule has 0 aliphatic carbocycles. The van der Waals surface area contributed by atoms with Crippen LogP contribution in [0.25, 0.3) is 0 Å². The maximum atomic E-state index is 12.6. The summed E-state index contributed by atoms with van der Waals surface area (Å²) >= 11 is 0. The van der Waals surface area contributed by atoms with E-state index in [2.05, 4.69) is 17.6 Å². The van der Waals surface area contributed by atoms with Crippen molar-refractivity contribution in [1.82, 2.24) is 15.5 Å². The van der Waals surface area contributed by atoms with E-state index in [1.807, 2.05) is 4.90 Å². The Morgan fingerprint density at radius 1 is 1.26 bits per heavy atom. The maximum Gasteiger partial charge on any atom is 0.322 e. The summed E-state index contributed by atoms with van der Waals surface area (Å²) in [6, 6.07) is 6.40. The SMILES string of the molecule is C[C@H]1CCCN(C(=O)c2ccc([C@]3(C)NC(=O)NC3=O)cc2)C1. The number of carbonyl (C=O) groups is 3. The van der Waals surface area contributed by atoms with Gasteiger partial charge in [0.25, 0.3) is 11.8 Å². The summed E-state index contributed by atoms with van der Waals surface area (Å²) < 4.78 is 0. The van der Waals surface area contributed by atoms with Gasteiger partial charge in [-0.2, -0.15) is 0 Å². The molecule has 1 aromatic carbocycles. The molecule has 0 spiro atoms. The van der Waals surface area contributed by atoms with Crippen LogP contribution >= 0.6 is 0 Å². The van der Waals surface area contributed by atoms with Crippen LogP contribution in [0.1, 0.15) is 42.6 Å². The highest BCUT2D eigenvalue weighted by Gasteiger charge is 2.43. The van der Waals surface area contributed by atoms with Crippen molar-refractivity contribution < 1.29 is 14.4 Å². The number of benzene rings is 1. The van der Waals surface area contributed by atoms with Crippen molar-refractivity contribution in [2.45, 2.75) is 32.2 Å². The van der Waals surface area contributed by atoms with Gasteiger partial charge >= 0.3 is 6.03 Å². The van der Waals surface area contributed by atoms with Crippen molar-refractivity contribution in [2.24, 2.45) is 5.92 Å². The van der Waals surface area contributed by atoms with Gasteiger partial charge in [0.1, 0.15) is 5.54 Å². The maximum absolute atomic E-state index is 12.6. The summed E-state index contributed by atoms with van der Waals surface area (Å²) in [5.74, 6) is 0.169. The number of imide groups is 1. The van der Waals surface area contributed by atoms with E-state index in [1.165, 1.54) is 0 Å². The van der Waals surface area contributed by atoms with E-state index in [1.54, 1.807) is 31.2 Å². The number of amides is 4. The van der Waals surface area contributed by atoms with E-state index < -0.39 is 11.6 Å². The van der Waals surface area contributed by atoms with Crippen LogP contribution in [-0.4, -0.2) is 35.8 Å². The van der Waals surface area contributed by atoms with Crippen molar-refractivity contribution in [3.63, 3.8) is 0 Å². The molecule has 3 rings (SSSR count). The summed E-state index contributed by atoms with van der Waals surface area (Å²) in [4.78, 5) is 37.7. The van der Waals surface area contributed by atoms with Crippen molar-refractivity contribution in [3.05, 3.63) is 35.4 Å². The lowest BCUT2D eigenvalue weighted by molar-refractivity contribution is -0.123. The van der Waals surface area contributed by atoms with E-state index in [0.717, 1.165) is 25.9 Å². The molecule has 2 saturated heterocycles. The third-order valence-corrected chi connectivity index (χ3v) is 4.70. The molecule has 122 valence electrons. The number of nitrogens with zero attached hydrogens (tertiary/aromatic N) is 1. The number of likely N-dealkylation sites (tertiary alicyclic amines) is 1. The molecule has 4 amide bonds. The molecule has 2 atom stereocenters. The van der Waals surface area contributed by atoms with Crippen molar-refractivity contribution in [1.29, 1.82) is 0 Å². The molecule has 1 aromatic rings. The van der Waals surface area contributed by atoms with E-state index in [4.69, 9.17) is 0 Å². The van der Waals surface area contributed by atoms with Gasteiger partial charge in [-0.15, -0.1) is 0 Å². The van der Waals surface area contributed by atoms with Gasteiger partial charge in [0.2, 0.25) is 0 Å². The van der Waals surface area contributed by atoms with E-state index in [-0.39, 0.29) is 11.8 Å². The lowest BCUT2D eigenvalue weighted by atomic mass is 9.91. The van der Waals surface area contributed by atoms with E-state index >= 15 is 0 Å². The third kappa shape index (κ3) is 2.81. The van der Waals surface area contributed by atoms with Crippen LogP contribution in [0.3, 0.4) is 0 Å². The molecule has 6 nitrogen and oxygen atoms in total. The fraction of sp³-hybridized carbons (Fsp3) is 0.471. The first-order chi connectivity index (χ1) is 10.9. The van der Waals surface area contributed by atoms with E-state index in [9.17, 15) is 14.4 Å². The number of carbonyl (C=O) groups excluding carboxylic acids is 3. The summed E-state index contributed by atoms with van der Waals surface area (Å²) in [5.41, 5.74) is 0.179. The Balaban J connectivity index is 1.78. The van der Waals surface area contributed by atoms with Crippen molar-refractivity contribution in [3.8, 4) is 0 Å². The fourth-order valence-corrected chi connectivity index (χ4v) is 3.25. The molecule has 0 saturated carbocycles. The molecule has 2 heterocycles. The minimum atomic E-state index is -1.09. The van der Waals surface area contributed by atoms with Crippen LogP contribution in [0, 0.1) is 5.92 Å². The quantitative estimate of drug-likeness (QED) is 0.814. The molecule has 0 radical (unpaired) electrons. The zero-order valence-corrected chi connectivity index (χ0v) is 13.4. The number of rotatable bonds is 2. The van der Waals surface area contributed by atoms with Crippen LogP contribution in [0.15, 0.2) is 24.3 Å². The van der Waals surface area contributed by atoms with Gasteiger partial charge in [0.05, 0.1) is 0 Å². The predicted octanol–water partition coefficient (Wildman–Crippen LogP) is 1.61. The Morgan fingerprint density at radius 2 is 1.96 bits per heavy atom. The molecule has 2 fully saturated rings. The molecule has 23 heavy (non-hydrogen) atoms. The van der Waals surface area contributed by atoms with Crippen LogP contribution in [0.4, 0.5) is 4.79 Å². The molecule has 6 heteroatoms. The first kappa shape index (κ1) is 15.5. The summed E-state index contributed by atoms with van der Waals surface area (Å²) in [7, 11) is 0. The average molecular weight is 315 g/mol. The first-order valence-corrected chi connectivity index (χ1v) is 7.93. The Morgan fingerprint density at radius 3 is 2.52 bits per heavy atom. The molecule has 2 aliphatic heterocycles. The lowest BCUT2D eigenvalue weighted by Gasteiger charge is -2.31. The second-order valence-corrected chi connectivity index (χ2v) is 6.61. The minimum absolute atomic E-state index is 0.0214. The highest BCUT2D eigenvalue weighted by Crippen LogP contribution is 2.25. The fourth-order valence-electron chi connectivity index (χ4n) is 3.25. The van der Waals surface area contributed by atoms with Crippen LogP contribution in [0.2, 0.25) is 0 Å². The summed E-state index contributed by atoms with van der Waals surface area (Å²) in [5, 5.41) is 4.85. The Hall–Kier alpha value is -2.37. The first-order valence-electron chi connectivity index (χ1n) is 7.93. The largest absolute Gasteiger partial charge is 0.338 e. The molecule has 2 aliphatic rings. The second-order valence-electron chi connectivity index (χ2n) is 6.61. The zero-order valence-electron chi connectivity index (χ0n) is 13.4. The van der Waals surface area contributed by atoms with Gasteiger partial charge in [0, 0.05) is 18.7 Å². The molecular formula is C17H21N3O3. The number of urea groups is 1. The van der Waals surface area contributed by atoms with Gasteiger partial charge in [-0.25, -0.2) is 4.79 Å². The van der Waals surface area contributed by atoms with Gasteiger partial charge < -0.3 is 10.2 Å². The van der Waals surface area contributed by atoms with Gasteiger partial charge in [0.15, 0.2) is 0 Å². The number of hydrogen-bond acceptors (Lipinski definition) is 3. The number of hydrogen-bond donors (Lipinski definition) is 2. The standard InChI is InChI=1S/C17H21N3O3/c1-11-4-3-9-20(10-11)14(21)12-5-7-13(8-6-12)17(2)15(22)18-16(23)19-17/h5-8,11H,3-4,9-10H2,1-2H3,(H2,18,19,22,23)/t11-,17-/m0/s1. The number of piperidine rings is 1. The second kappa shape index (κ2) is 5.68. The van der Waals surface area contributed by atoms with Crippen molar-refractivity contribution >= 4 is 17.8 Å². The highest BCUT2D eigenvalue weighted by atomic mass is 16.2. The Labute approximate surface area is 135 Å². The molecule has 0 bridgehead atoms. The summed E-state index contributed by atoms with van der Waals surface area (Å²) in [6.45, 7) is 5.39. The number of nitrogens with one attached hydrogen (secondary N) is 2. The molecule has 2 N–H and O–H groups in total. The summed E-state index contributed by atoms with van der Waals surface area (Å²) in [6.07, 6.45) is 2.20. The monoisotopic (exact) mass is 315 g/mol. The van der Waals surface area contributed by atoms with Crippen LogP contribution in [0.5, 0.6) is 0 Å². The average Bonchev–Trinajstić information content (AvgIpc) is 2.80. The third-order valence-electron chi connectivity index (χ3n) is 4.70. The molecule has 0 unspecified atom stereocenters. The predicted molar refractivity (Wildman–Crippen MR) is 84.8 cm³/mol.